The molecule has 10 nitrogen and oxygen atoms in total. The van der Waals surface area contributed by atoms with Gasteiger partial charge < -0.3 is 24.0 Å². The van der Waals surface area contributed by atoms with Crippen molar-refractivity contribution >= 4 is 33.6 Å². The fourth-order valence-corrected chi connectivity index (χ4v) is 6.85. The molecule has 2 atom stereocenters. The Balaban J connectivity index is 1.02. The highest BCUT2D eigenvalue weighted by Crippen LogP contribution is 2.65. The van der Waals surface area contributed by atoms with E-state index in [4.69, 9.17) is 19.7 Å². The van der Waals surface area contributed by atoms with Gasteiger partial charge in [-0.1, -0.05) is 23.5 Å². The fourth-order valence-electron chi connectivity index (χ4n) is 5.98. The van der Waals surface area contributed by atoms with Crippen LogP contribution in [-0.4, -0.2) is 56.4 Å². The van der Waals surface area contributed by atoms with Crippen molar-refractivity contribution in [2.24, 2.45) is 5.41 Å². The number of imidazole rings is 1. The number of nitriles is 1. The van der Waals surface area contributed by atoms with Crippen LogP contribution in [0.15, 0.2) is 36.4 Å². The predicted molar refractivity (Wildman–Crippen MR) is 148 cm³/mol. The summed E-state index contributed by atoms with van der Waals surface area (Å²) >= 11 is 1.19. The fraction of sp³-hybridized carbons (Fsp3) is 0.414. The van der Waals surface area contributed by atoms with E-state index in [-0.39, 0.29) is 28.7 Å². The Hall–Kier alpha value is -4.08. The second-order valence-corrected chi connectivity index (χ2v) is 11.9. The molecule has 41 heavy (non-hydrogen) atoms. The number of hydrogen-bond acceptors (Lipinski definition) is 9. The van der Waals surface area contributed by atoms with Crippen LogP contribution < -0.4 is 9.64 Å². The van der Waals surface area contributed by atoms with Gasteiger partial charge in [-0.05, 0) is 49.3 Å². The van der Waals surface area contributed by atoms with Crippen molar-refractivity contribution in [3.8, 4) is 11.9 Å². The first-order valence-electron chi connectivity index (χ1n) is 13.7. The van der Waals surface area contributed by atoms with Crippen LogP contribution in [0.4, 0.5) is 10.2 Å². The molecule has 2 unspecified atom stereocenters. The van der Waals surface area contributed by atoms with Crippen LogP contribution in [-0.2, 0) is 17.9 Å². The first kappa shape index (κ1) is 25.9. The van der Waals surface area contributed by atoms with Crippen molar-refractivity contribution in [3.63, 3.8) is 0 Å². The second-order valence-electron chi connectivity index (χ2n) is 11.0. The molecule has 5 heterocycles. The van der Waals surface area contributed by atoms with Crippen molar-refractivity contribution in [1.29, 1.82) is 5.26 Å². The van der Waals surface area contributed by atoms with Crippen LogP contribution in [0.5, 0.6) is 5.88 Å². The molecule has 3 fully saturated rings. The number of nitrogens with zero attached hydrogens (tertiary/aromatic N) is 6. The average Bonchev–Trinajstić information content (AvgIpc) is 3.30. The number of hydrogen-bond donors (Lipinski definition) is 1. The summed E-state index contributed by atoms with van der Waals surface area (Å²) in [6.45, 7) is 3.15. The molecule has 1 spiro atoms. The van der Waals surface area contributed by atoms with Gasteiger partial charge in [-0.2, -0.15) is 10.2 Å². The number of carboxylic acids is 1. The van der Waals surface area contributed by atoms with E-state index in [9.17, 15) is 14.3 Å². The van der Waals surface area contributed by atoms with Crippen LogP contribution in [0.25, 0.3) is 10.5 Å². The van der Waals surface area contributed by atoms with Gasteiger partial charge in [0.05, 0.1) is 24.3 Å². The summed E-state index contributed by atoms with van der Waals surface area (Å²) in [5.74, 6) is 1.06. The van der Waals surface area contributed by atoms with E-state index >= 15 is 0 Å². The molecule has 3 aliphatic rings. The lowest BCUT2D eigenvalue weighted by atomic mass is 9.90. The maximum atomic E-state index is 14.2. The maximum absolute atomic E-state index is 14.2. The van der Waals surface area contributed by atoms with Gasteiger partial charge in [0.15, 0.2) is 5.65 Å². The summed E-state index contributed by atoms with van der Waals surface area (Å²) in [7, 11) is 0. The lowest BCUT2D eigenvalue weighted by molar-refractivity contribution is -0.0590. The van der Waals surface area contributed by atoms with Crippen LogP contribution in [0.3, 0.4) is 0 Å². The highest BCUT2D eigenvalue weighted by atomic mass is 32.1. The Labute approximate surface area is 239 Å². The summed E-state index contributed by atoms with van der Waals surface area (Å²) in [5.41, 5.74) is 1.32. The summed E-state index contributed by atoms with van der Waals surface area (Å²) in [5, 5.41) is 18.4. The van der Waals surface area contributed by atoms with Crippen molar-refractivity contribution in [1.82, 2.24) is 19.5 Å². The van der Waals surface area contributed by atoms with E-state index in [1.807, 2.05) is 18.2 Å². The van der Waals surface area contributed by atoms with E-state index < -0.39 is 11.8 Å². The summed E-state index contributed by atoms with van der Waals surface area (Å²) in [4.78, 5) is 28.4. The van der Waals surface area contributed by atoms with Gasteiger partial charge >= 0.3 is 5.97 Å². The quantitative estimate of drug-likeness (QED) is 0.318. The van der Waals surface area contributed by atoms with E-state index in [2.05, 4.69) is 19.4 Å². The standard InChI is InChI=1S/C29H27FN6O4S/c30-21-12-17(14-31)4-5-18(21)16-40-23-3-1-2-22(32-23)35-9-7-29(8-10-35)13-20(29)25-33-24-27(41-26(34-24)28(37)38)36(25)15-19-6-11-39-19/h1-5,12,19-20H,6-11,13,15-16H2,(H,37,38). The Bertz CT molecular complexity index is 1680. The number of carboxylic acid groups (broad SMARTS) is 1. The molecule has 1 aliphatic carbocycles. The molecule has 3 aromatic heterocycles. The largest absolute Gasteiger partial charge is 0.476 e. The Morgan fingerprint density at radius 3 is 2.78 bits per heavy atom. The maximum Gasteiger partial charge on any atom is 0.365 e. The van der Waals surface area contributed by atoms with Crippen LogP contribution in [0.1, 0.15) is 58.4 Å². The van der Waals surface area contributed by atoms with Gasteiger partial charge in [0.2, 0.25) is 10.9 Å². The first-order valence-corrected chi connectivity index (χ1v) is 14.5. The molecule has 0 radical (unpaired) electrons. The minimum Gasteiger partial charge on any atom is -0.476 e. The van der Waals surface area contributed by atoms with Crippen LogP contribution in [0.2, 0.25) is 0 Å². The molecule has 0 amide bonds. The number of ether oxygens (including phenoxy) is 2. The van der Waals surface area contributed by atoms with Crippen molar-refractivity contribution in [3.05, 3.63) is 64.2 Å². The number of thiazole rings is 1. The van der Waals surface area contributed by atoms with Gasteiger partial charge in [-0.15, -0.1) is 0 Å². The number of carbonyl (C=O) groups is 1. The summed E-state index contributed by atoms with van der Waals surface area (Å²) < 4.78 is 27.9. The second kappa shape index (κ2) is 10.1. The molecule has 2 saturated heterocycles. The normalized spacial score (nSPS) is 21.0. The zero-order chi connectivity index (χ0) is 28.1. The van der Waals surface area contributed by atoms with E-state index in [1.54, 1.807) is 18.2 Å². The Morgan fingerprint density at radius 1 is 1.24 bits per heavy atom. The van der Waals surface area contributed by atoms with Crippen LogP contribution in [0, 0.1) is 22.6 Å². The number of rotatable bonds is 8. The van der Waals surface area contributed by atoms with Crippen molar-refractivity contribution < 1.29 is 23.8 Å². The molecule has 12 heteroatoms. The van der Waals surface area contributed by atoms with Crippen LogP contribution >= 0.6 is 11.3 Å². The highest BCUT2D eigenvalue weighted by molar-refractivity contribution is 7.19. The highest BCUT2D eigenvalue weighted by Gasteiger charge is 2.57. The molecular weight excluding hydrogens is 547 g/mol. The average molecular weight is 575 g/mol. The van der Waals surface area contributed by atoms with Gasteiger partial charge in [-0.3, -0.25) is 0 Å². The minimum absolute atomic E-state index is 0.0254. The smallest absolute Gasteiger partial charge is 0.365 e. The van der Waals surface area contributed by atoms with E-state index in [1.165, 1.54) is 17.4 Å². The van der Waals surface area contributed by atoms with Gasteiger partial charge in [0.25, 0.3) is 0 Å². The number of piperidine rings is 1. The number of pyridine rings is 1. The number of anilines is 1. The third kappa shape index (κ3) is 4.79. The predicted octanol–water partition coefficient (Wildman–Crippen LogP) is 4.74. The number of fused-ring (bicyclic) bond motifs is 1. The van der Waals surface area contributed by atoms with E-state index in [0.29, 0.717) is 29.6 Å². The lowest BCUT2D eigenvalue weighted by Crippen LogP contribution is -2.36. The molecule has 1 aromatic carbocycles. The number of benzene rings is 1. The van der Waals surface area contributed by atoms with Gasteiger partial charge in [-0.25, -0.2) is 19.2 Å². The number of aromatic carboxylic acids is 1. The Kier molecular flexibility index (Phi) is 6.36. The molecule has 7 rings (SSSR count). The summed E-state index contributed by atoms with van der Waals surface area (Å²) in [6, 6.07) is 11.9. The SMILES string of the molecule is N#Cc1ccc(COc2cccc(N3CCC4(CC3)CC4c3nc4nc(C(=O)O)sc4n3CC3CCO3)n2)c(F)c1. The first-order chi connectivity index (χ1) is 19.9. The van der Waals surface area contributed by atoms with Gasteiger partial charge in [0.1, 0.15) is 28.9 Å². The Morgan fingerprint density at radius 2 is 2.07 bits per heavy atom. The zero-order valence-corrected chi connectivity index (χ0v) is 22.9. The van der Waals surface area contributed by atoms with Gasteiger partial charge in [0, 0.05) is 37.2 Å². The number of aromatic nitrogens is 4. The topological polar surface area (TPSA) is 126 Å². The monoisotopic (exact) mass is 574 g/mol. The third-order valence-corrected chi connectivity index (χ3v) is 9.60. The zero-order valence-electron chi connectivity index (χ0n) is 22.1. The lowest BCUT2D eigenvalue weighted by Gasteiger charge is -2.34. The molecule has 1 saturated carbocycles. The molecule has 2 aliphatic heterocycles. The third-order valence-electron chi connectivity index (χ3n) is 8.55. The minimum atomic E-state index is -1.03. The molecule has 210 valence electrons. The summed E-state index contributed by atoms with van der Waals surface area (Å²) in [6.07, 6.45) is 4.17. The van der Waals surface area contributed by atoms with Crippen molar-refractivity contribution in [2.45, 2.75) is 50.9 Å². The molecule has 4 aromatic rings. The molecule has 1 N–H and O–H groups in total. The van der Waals surface area contributed by atoms with E-state index in [0.717, 1.165) is 61.9 Å². The molecular formula is C29H27FN6O4S. The number of halogens is 1. The molecule has 0 bridgehead atoms. The van der Waals surface area contributed by atoms with Crippen molar-refractivity contribution in [2.75, 3.05) is 24.6 Å².